The number of hydrogen-bond donors (Lipinski definition) is 0. The van der Waals surface area contributed by atoms with Crippen molar-refractivity contribution < 1.29 is 4.42 Å². The third kappa shape index (κ3) is 2.26. The molecule has 2 aromatic heterocycles. The zero-order valence-corrected chi connectivity index (χ0v) is 19.3. The number of fused-ring (bicyclic) bond motifs is 8. The summed E-state index contributed by atoms with van der Waals surface area (Å²) in [7, 11) is 2.30. The summed E-state index contributed by atoms with van der Waals surface area (Å²) in [6.07, 6.45) is 1.52. The number of nitrogens with zero attached hydrogens (tertiary/aromatic N) is 2. The number of oxazole rings is 1. The van der Waals surface area contributed by atoms with E-state index in [1.807, 2.05) is 11.3 Å². The number of hydrogen-bond acceptors (Lipinski definition) is 3. The second-order valence-corrected chi connectivity index (χ2v) is 10.3. The molecule has 0 spiro atoms. The normalized spacial score (nSPS) is 17.1. The lowest BCUT2D eigenvalue weighted by Crippen LogP contribution is -2.31. The molecule has 3 heterocycles. The molecule has 1 atom stereocenters. The molecule has 0 N–H and O–H groups in total. The Hall–Kier alpha value is -3.99. The van der Waals surface area contributed by atoms with Gasteiger partial charge >= 0.3 is 0 Å². The van der Waals surface area contributed by atoms with Gasteiger partial charge in [-0.1, -0.05) is 42.5 Å². The molecule has 1 aliphatic heterocycles. The molecule has 0 aliphatic carbocycles. The van der Waals surface area contributed by atoms with E-state index in [-0.39, 0.29) is 0 Å². The van der Waals surface area contributed by atoms with Gasteiger partial charge in [0, 0.05) is 44.4 Å². The highest BCUT2D eigenvalue weighted by Gasteiger charge is 2.43. The molecule has 34 heavy (non-hydrogen) atoms. The minimum atomic E-state index is 0.590. The molecule has 0 radical (unpaired) electrons. The van der Waals surface area contributed by atoms with Gasteiger partial charge in [0.2, 0.25) is 0 Å². The summed E-state index contributed by atoms with van der Waals surface area (Å²) in [5, 5.41) is 5.17. The lowest BCUT2D eigenvalue weighted by atomic mass is 10.0. The molecule has 3 nitrogen and oxygen atoms in total. The number of quaternary nitrogens is 1. The molecule has 4 heteroatoms. The Bertz CT molecular complexity index is 1950. The highest BCUT2D eigenvalue weighted by molar-refractivity contribution is 7.25. The first-order valence-corrected chi connectivity index (χ1v) is 12.2. The van der Waals surface area contributed by atoms with Gasteiger partial charge in [0.1, 0.15) is 11.2 Å². The van der Waals surface area contributed by atoms with E-state index in [4.69, 9.17) is 4.42 Å². The van der Waals surface area contributed by atoms with E-state index in [2.05, 4.69) is 103 Å². The van der Waals surface area contributed by atoms with Crippen LogP contribution in [0, 0.1) is 0 Å². The number of rotatable bonds is 1. The van der Waals surface area contributed by atoms with Crippen LogP contribution >= 0.6 is 11.3 Å². The Balaban J connectivity index is 1.52. The van der Waals surface area contributed by atoms with Crippen LogP contribution in [0.1, 0.15) is 0 Å². The van der Waals surface area contributed by atoms with E-state index < -0.39 is 0 Å². The van der Waals surface area contributed by atoms with Crippen molar-refractivity contribution in [3.63, 3.8) is 0 Å². The van der Waals surface area contributed by atoms with E-state index in [0.717, 1.165) is 11.1 Å². The summed E-state index contributed by atoms with van der Waals surface area (Å²) in [5.41, 5.74) is 8.05. The summed E-state index contributed by atoms with van der Waals surface area (Å²) in [6.45, 7) is 0. The first-order chi connectivity index (χ1) is 16.7. The molecule has 0 fully saturated rings. The summed E-state index contributed by atoms with van der Waals surface area (Å²) >= 11 is 1.87. The zero-order valence-electron chi connectivity index (χ0n) is 18.4. The molecule has 8 rings (SSSR count). The van der Waals surface area contributed by atoms with Crippen molar-refractivity contribution in [1.29, 1.82) is 0 Å². The Morgan fingerprint density at radius 1 is 0.706 bits per heavy atom. The molecule has 5 aromatic carbocycles. The van der Waals surface area contributed by atoms with Crippen LogP contribution in [0.2, 0.25) is 0 Å². The van der Waals surface area contributed by atoms with Gasteiger partial charge in [0.25, 0.3) is 0 Å². The van der Waals surface area contributed by atoms with Crippen molar-refractivity contribution in [2.45, 2.75) is 0 Å². The van der Waals surface area contributed by atoms with Crippen molar-refractivity contribution in [3.8, 4) is 11.1 Å². The average molecular weight is 456 g/mol. The van der Waals surface area contributed by atoms with E-state index in [1.54, 1.807) is 0 Å². The molecule has 160 valence electrons. The lowest BCUT2D eigenvalue weighted by molar-refractivity contribution is 0.598. The predicted molar refractivity (Wildman–Crippen MR) is 143 cm³/mol. The second-order valence-electron chi connectivity index (χ2n) is 9.19. The van der Waals surface area contributed by atoms with E-state index in [9.17, 15) is 0 Å². The van der Waals surface area contributed by atoms with Crippen LogP contribution in [-0.4, -0.2) is 12.0 Å². The number of aromatic nitrogens is 1. The SMILES string of the molecule is C[N+]1(c2ccc3ncoc3c2)c2cc3ccccc3cc2-c2cc3sc4ccccc4c3cc21. The van der Waals surface area contributed by atoms with Crippen molar-refractivity contribution in [2.75, 3.05) is 7.05 Å². The van der Waals surface area contributed by atoms with Crippen molar-refractivity contribution in [2.24, 2.45) is 0 Å². The molecule has 0 saturated carbocycles. The van der Waals surface area contributed by atoms with Crippen LogP contribution in [0.25, 0.3) is 53.2 Å². The number of thiophene rings is 1. The van der Waals surface area contributed by atoms with Gasteiger partial charge in [-0.15, -0.1) is 11.3 Å². The molecular formula is C30H19N2OS+. The van der Waals surface area contributed by atoms with Gasteiger partial charge in [-0.05, 0) is 35.0 Å². The topological polar surface area (TPSA) is 26.0 Å². The third-order valence-corrected chi connectivity index (χ3v) is 8.58. The first-order valence-electron chi connectivity index (χ1n) is 11.4. The fourth-order valence-electron chi connectivity index (χ4n) is 5.69. The van der Waals surface area contributed by atoms with Crippen LogP contribution in [-0.2, 0) is 0 Å². The quantitative estimate of drug-likeness (QED) is 0.231. The molecule has 0 bridgehead atoms. The highest BCUT2D eigenvalue weighted by Crippen LogP contribution is 2.59. The van der Waals surface area contributed by atoms with Crippen LogP contribution in [0.15, 0.2) is 102 Å². The minimum absolute atomic E-state index is 0.590. The Labute approximate surface area is 199 Å². The van der Waals surface area contributed by atoms with Crippen LogP contribution < -0.4 is 4.48 Å². The third-order valence-electron chi connectivity index (χ3n) is 7.44. The molecule has 1 aliphatic rings. The molecule has 1 unspecified atom stereocenters. The van der Waals surface area contributed by atoms with Crippen LogP contribution in [0.3, 0.4) is 0 Å². The van der Waals surface area contributed by atoms with Crippen LogP contribution in [0.5, 0.6) is 0 Å². The lowest BCUT2D eigenvalue weighted by Gasteiger charge is -2.30. The van der Waals surface area contributed by atoms with E-state index in [0.29, 0.717) is 4.48 Å². The molecular weight excluding hydrogens is 436 g/mol. The van der Waals surface area contributed by atoms with Crippen molar-refractivity contribution in [1.82, 2.24) is 9.47 Å². The standard InChI is InChI=1S/C30H19N2OS/c1-32(20-10-11-25-28(14-20)33-17-31-25)26-13-19-7-3-2-6-18(19)12-22(26)23-16-30-24(15-27(23)32)21-8-4-5-9-29(21)34-30/h2-17H,1H3/q+1. The Morgan fingerprint density at radius 2 is 1.47 bits per heavy atom. The maximum atomic E-state index is 5.71. The second kappa shape index (κ2) is 6.32. The van der Waals surface area contributed by atoms with E-state index in [1.165, 1.54) is 65.5 Å². The largest absolute Gasteiger partial charge is 0.443 e. The van der Waals surface area contributed by atoms with E-state index >= 15 is 0 Å². The Kier molecular flexibility index (Phi) is 3.43. The smallest absolute Gasteiger partial charge is 0.181 e. The zero-order chi connectivity index (χ0) is 22.4. The van der Waals surface area contributed by atoms with Gasteiger partial charge in [0.05, 0.1) is 18.2 Å². The summed E-state index contributed by atoms with van der Waals surface area (Å²) in [5.74, 6) is 0. The number of benzene rings is 5. The van der Waals surface area contributed by atoms with Gasteiger partial charge in [-0.25, -0.2) is 9.47 Å². The van der Waals surface area contributed by atoms with Gasteiger partial charge in [-0.3, -0.25) is 0 Å². The average Bonchev–Trinajstić information content (AvgIpc) is 3.55. The van der Waals surface area contributed by atoms with Gasteiger partial charge in [-0.2, -0.15) is 0 Å². The highest BCUT2D eigenvalue weighted by atomic mass is 32.1. The molecule has 0 amide bonds. The predicted octanol–water partition coefficient (Wildman–Crippen LogP) is 8.93. The first kappa shape index (κ1) is 18.4. The van der Waals surface area contributed by atoms with Gasteiger partial charge < -0.3 is 4.42 Å². The van der Waals surface area contributed by atoms with Crippen molar-refractivity contribution >= 4 is 70.4 Å². The van der Waals surface area contributed by atoms with Crippen molar-refractivity contribution in [3.05, 3.63) is 97.4 Å². The van der Waals surface area contributed by atoms with Crippen LogP contribution in [0.4, 0.5) is 17.1 Å². The molecule has 7 aromatic rings. The van der Waals surface area contributed by atoms with Gasteiger partial charge in [0.15, 0.2) is 23.4 Å². The summed E-state index contributed by atoms with van der Waals surface area (Å²) < 4.78 is 8.96. The Morgan fingerprint density at radius 3 is 2.38 bits per heavy atom. The molecule has 0 saturated heterocycles. The maximum Gasteiger partial charge on any atom is 0.181 e. The fraction of sp³-hybridized carbons (Fsp3) is 0.0333. The maximum absolute atomic E-state index is 5.71. The monoisotopic (exact) mass is 455 g/mol. The fourth-order valence-corrected chi connectivity index (χ4v) is 6.82. The minimum Gasteiger partial charge on any atom is -0.443 e. The summed E-state index contributed by atoms with van der Waals surface area (Å²) in [4.78, 5) is 4.33. The summed E-state index contributed by atoms with van der Waals surface area (Å²) in [6, 6.07) is 33.3.